The highest BCUT2D eigenvalue weighted by Gasteiger charge is 2.33. The van der Waals surface area contributed by atoms with Gasteiger partial charge in [-0.05, 0) is 24.6 Å². The van der Waals surface area contributed by atoms with Crippen molar-refractivity contribution in [1.82, 2.24) is 4.90 Å². The van der Waals surface area contributed by atoms with Gasteiger partial charge in [-0.25, -0.2) is 0 Å². The second kappa shape index (κ2) is 6.56. The van der Waals surface area contributed by atoms with Gasteiger partial charge in [-0.2, -0.15) is 13.2 Å². The fourth-order valence-corrected chi connectivity index (χ4v) is 1.70. The average molecular weight is 274 g/mol. The maximum Gasteiger partial charge on any atom is 0.416 e. The summed E-state index contributed by atoms with van der Waals surface area (Å²) in [6, 6.07) is 5.13. The summed E-state index contributed by atoms with van der Waals surface area (Å²) < 4.78 is 38.3. The van der Waals surface area contributed by atoms with Crippen molar-refractivity contribution in [2.45, 2.75) is 19.0 Å². The van der Waals surface area contributed by atoms with Crippen LogP contribution in [0.1, 0.15) is 17.5 Å². The molecule has 0 radical (unpaired) electrons. The molecule has 0 heterocycles. The summed E-state index contributed by atoms with van der Waals surface area (Å²) >= 11 is 0. The minimum Gasteiger partial charge on any atom is -0.345 e. The first-order valence-corrected chi connectivity index (χ1v) is 5.95. The monoisotopic (exact) mass is 274 g/mol. The van der Waals surface area contributed by atoms with Crippen molar-refractivity contribution in [1.29, 1.82) is 0 Å². The molecule has 0 atom stereocenters. The zero-order chi connectivity index (χ0) is 14.5. The first-order valence-electron chi connectivity index (χ1n) is 5.95. The summed E-state index contributed by atoms with van der Waals surface area (Å²) in [6.07, 6.45) is -4.06. The fourth-order valence-electron chi connectivity index (χ4n) is 1.70. The molecule has 6 heteroatoms. The summed E-state index contributed by atoms with van der Waals surface area (Å²) in [4.78, 5) is 13.2. The Balaban J connectivity index is 2.80. The van der Waals surface area contributed by atoms with Crippen LogP contribution in [0.15, 0.2) is 24.3 Å². The lowest BCUT2D eigenvalue weighted by Gasteiger charge is -2.18. The number of hydrogen-bond acceptors (Lipinski definition) is 2. The molecule has 3 nitrogen and oxygen atoms in total. The quantitative estimate of drug-likeness (QED) is 0.893. The number of nitrogens with zero attached hydrogens (tertiary/aromatic N) is 1. The zero-order valence-electron chi connectivity index (χ0n) is 10.7. The molecule has 1 aromatic carbocycles. The number of carbonyl (C=O) groups is 1. The van der Waals surface area contributed by atoms with Crippen LogP contribution in [0, 0.1) is 0 Å². The molecule has 0 aromatic heterocycles. The lowest BCUT2D eigenvalue weighted by Crippen LogP contribution is -2.30. The van der Waals surface area contributed by atoms with Crippen LogP contribution >= 0.6 is 0 Å². The number of halogens is 3. The van der Waals surface area contributed by atoms with Crippen LogP contribution in [0.2, 0.25) is 0 Å². The molecule has 0 saturated carbocycles. The van der Waals surface area contributed by atoms with E-state index in [2.05, 4.69) is 0 Å². The van der Waals surface area contributed by atoms with Crippen LogP contribution in [-0.4, -0.2) is 30.9 Å². The van der Waals surface area contributed by atoms with Gasteiger partial charge in [0, 0.05) is 13.6 Å². The molecule has 0 aliphatic carbocycles. The summed E-state index contributed by atoms with van der Waals surface area (Å²) in [5.74, 6) is -0.342. The maximum atomic E-state index is 12.8. The predicted molar refractivity (Wildman–Crippen MR) is 66.5 cm³/mol. The van der Waals surface area contributed by atoms with E-state index < -0.39 is 11.7 Å². The normalized spacial score (nSPS) is 11.4. The first-order chi connectivity index (χ1) is 8.86. The van der Waals surface area contributed by atoms with Gasteiger partial charge in [0.2, 0.25) is 5.91 Å². The van der Waals surface area contributed by atoms with Crippen molar-refractivity contribution in [2.24, 2.45) is 5.73 Å². The molecule has 0 aliphatic heterocycles. The van der Waals surface area contributed by atoms with Crippen molar-refractivity contribution >= 4 is 5.91 Å². The third-order valence-electron chi connectivity index (χ3n) is 2.79. The molecular weight excluding hydrogens is 257 g/mol. The van der Waals surface area contributed by atoms with Gasteiger partial charge in [-0.1, -0.05) is 18.2 Å². The SMILES string of the molecule is CN(CCCN)C(=O)Cc1ccccc1C(F)(F)F. The van der Waals surface area contributed by atoms with E-state index >= 15 is 0 Å². The molecule has 2 N–H and O–H groups in total. The van der Waals surface area contributed by atoms with E-state index in [0.717, 1.165) is 6.07 Å². The van der Waals surface area contributed by atoms with E-state index in [9.17, 15) is 18.0 Å². The molecule has 0 bridgehead atoms. The number of likely N-dealkylation sites (N-methyl/N-ethyl adjacent to an activating group) is 1. The number of hydrogen-bond donors (Lipinski definition) is 1. The van der Waals surface area contributed by atoms with Crippen LogP contribution in [0.4, 0.5) is 13.2 Å². The Bertz CT molecular complexity index is 432. The van der Waals surface area contributed by atoms with Gasteiger partial charge in [0.25, 0.3) is 0 Å². The fraction of sp³-hybridized carbons (Fsp3) is 0.462. The standard InChI is InChI=1S/C13H17F3N2O/c1-18(8-4-7-17)12(19)9-10-5-2-3-6-11(10)13(14,15)16/h2-3,5-6H,4,7-9,17H2,1H3. The summed E-state index contributed by atoms with van der Waals surface area (Å²) in [5.41, 5.74) is 4.57. The highest BCUT2D eigenvalue weighted by atomic mass is 19.4. The van der Waals surface area contributed by atoms with Crippen molar-refractivity contribution < 1.29 is 18.0 Å². The third-order valence-corrected chi connectivity index (χ3v) is 2.79. The Hall–Kier alpha value is -1.56. The predicted octanol–water partition coefficient (Wildman–Crippen LogP) is 2.06. The van der Waals surface area contributed by atoms with Crippen LogP contribution in [-0.2, 0) is 17.4 Å². The van der Waals surface area contributed by atoms with Gasteiger partial charge < -0.3 is 10.6 Å². The molecule has 106 valence electrons. The lowest BCUT2D eigenvalue weighted by molar-refractivity contribution is -0.138. The highest BCUT2D eigenvalue weighted by molar-refractivity contribution is 5.78. The van der Waals surface area contributed by atoms with E-state index in [1.54, 1.807) is 7.05 Å². The van der Waals surface area contributed by atoms with Crippen LogP contribution in [0.5, 0.6) is 0 Å². The van der Waals surface area contributed by atoms with E-state index in [4.69, 9.17) is 5.73 Å². The maximum absolute atomic E-state index is 12.8. The largest absolute Gasteiger partial charge is 0.416 e. The second-order valence-corrected chi connectivity index (χ2v) is 4.29. The van der Waals surface area contributed by atoms with Gasteiger partial charge >= 0.3 is 6.18 Å². The van der Waals surface area contributed by atoms with Crippen LogP contribution in [0.3, 0.4) is 0 Å². The van der Waals surface area contributed by atoms with Crippen LogP contribution < -0.4 is 5.73 Å². The van der Waals surface area contributed by atoms with Gasteiger partial charge in [-0.3, -0.25) is 4.79 Å². The minimum atomic E-state index is -4.44. The van der Waals surface area contributed by atoms with E-state index in [-0.39, 0.29) is 17.9 Å². The first kappa shape index (κ1) is 15.5. The van der Waals surface area contributed by atoms with Gasteiger partial charge in [-0.15, -0.1) is 0 Å². The molecule has 1 amide bonds. The number of alkyl halides is 3. The molecule has 0 fully saturated rings. The lowest BCUT2D eigenvalue weighted by atomic mass is 10.0. The molecular formula is C13H17F3N2O. The Morgan fingerprint density at radius 3 is 2.53 bits per heavy atom. The van der Waals surface area contributed by atoms with E-state index in [1.165, 1.54) is 23.1 Å². The third kappa shape index (κ3) is 4.55. The Kier molecular flexibility index (Phi) is 5.35. The molecule has 1 aromatic rings. The van der Waals surface area contributed by atoms with Gasteiger partial charge in [0.15, 0.2) is 0 Å². The van der Waals surface area contributed by atoms with E-state index in [0.29, 0.717) is 19.5 Å². The van der Waals surface area contributed by atoms with E-state index in [1.807, 2.05) is 0 Å². The molecule has 0 spiro atoms. The number of nitrogens with two attached hydrogens (primary N) is 1. The second-order valence-electron chi connectivity index (χ2n) is 4.29. The Morgan fingerprint density at radius 1 is 1.32 bits per heavy atom. The molecule has 0 aliphatic rings. The van der Waals surface area contributed by atoms with Gasteiger partial charge in [0.05, 0.1) is 12.0 Å². The topological polar surface area (TPSA) is 46.3 Å². The molecule has 0 unspecified atom stereocenters. The number of rotatable bonds is 5. The molecule has 0 saturated heterocycles. The number of amides is 1. The average Bonchev–Trinajstić information content (AvgIpc) is 2.35. The zero-order valence-corrected chi connectivity index (χ0v) is 10.7. The summed E-state index contributed by atoms with van der Waals surface area (Å²) in [6.45, 7) is 0.889. The Labute approximate surface area is 110 Å². The number of carbonyl (C=O) groups excluding carboxylic acids is 1. The van der Waals surface area contributed by atoms with Gasteiger partial charge in [0.1, 0.15) is 0 Å². The number of benzene rings is 1. The molecule has 19 heavy (non-hydrogen) atoms. The minimum absolute atomic E-state index is 0.000372. The van der Waals surface area contributed by atoms with Crippen molar-refractivity contribution in [3.63, 3.8) is 0 Å². The van der Waals surface area contributed by atoms with Crippen LogP contribution in [0.25, 0.3) is 0 Å². The smallest absolute Gasteiger partial charge is 0.345 e. The molecule has 1 rings (SSSR count). The summed E-state index contributed by atoms with van der Waals surface area (Å²) in [5, 5.41) is 0. The van der Waals surface area contributed by atoms with Crippen molar-refractivity contribution in [3.05, 3.63) is 35.4 Å². The van der Waals surface area contributed by atoms with Crippen molar-refractivity contribution in [3.8, 4) is 0 Å². The highest BCUT2D eigenvalue weighted by Crippen LogP contribution is 2.32. The summed E-state index contributed by atoms with van der Waals surface area (Å²) in [7, 11) is 1.56. The van der Waals surface area contributed by atoms with Crippen molar-refractivity contribution in [2.75, 3.05) is 20.1 Å². The Morgan fingerprint density at radius 2 is 1.95 bits per heavy atom.